The van der Waals surface area contributed by atoms with Crippen LogP contribution in [0, 0.1) is 12.7 Å². The minimum absolute atomic E-state index is 0.0613. The molecule has 0 saturated carbocycles. The van der Waals surface area contributed by atoms with Gasteiger partial charge in [0.2, 0.25) is 0 Å². The summed E-state index contributed by atoms with van der Waals surface area (Å²) in [6.07, 6.45) is 0. The van der Waals surface area contributed by atoms with E-state index < -0.39 is 0 Å². The van der Waals surface area contributed by atoms with Crippen LogP contribution in [0.1, 0.15) is 25.0 Å². The normalized spacial score (nSPS) is 15.1. The summed E-state index contributed by atoms with van der Waals surface area (Å²) in [6.45, 7) is 9.75. The standard InChI is InChI=1S/C15H22FN3O.C2H6/c1-12-8-13(10-14(16)9-12)11-18-4-6-19(7-5-18)15(20)17(2)3;1-2/h8-10H,4-7,11H2,1-3H3;1-2H3. The molecule has 0 atom stereocenters. The maximum atomic E-state index is 13.4. The zero-order valence-electron chi connectivity index (χ0n) is 14.4. The van der Waals surface area contributed by atoms with Crippen LogP contribution in [0.4, 0.5) is 9.18 Å². The second-order valence-electron chi connectivity index (χ2n) is 5.58. The average Bonchev–Trinajstić information content (AvgIpc) is 2.48. The minimum Gasteiger partial charge on any atom is -0.331 e. The van der Waals surface area contributed by atoms with Crippen LogP contribution in [0.15, 0.2) is 18.2 Å². The quantitative estimate of drug-likeness (QED) is 0.840. The molecule has 0 radical (unpaired) electrons. The second kappa shape index (κ2) is 8.73. The first kappa shape index (κ1) is 18.4. The molecule has 5 heteroatoms. The molecule has 1 saturated heterocycles. The van der Waals surface area contributed by atoms with Gasteiger partial charge >= 0.3 is 6.03 Å². The van der Waals surface area contributed by atoms with E-state index in [0.29, 0.717) is 0 Å². The number of aryl methyl sites for hydroxylation is 1. The Balaban J connectivity index is 0.00000116. The number of piperazine rings is 1. The van der Waals surface area contributed by atoms with Crippen molar-refractivity contribution in [2.24, 2.45) is 0 Å². The number of hydrogen-bond donors (Lipinski definition) is 0. The topological polar surface area (TPSA) is 26.8 Å². The molecule has 124 valence electrons. The van der Waals surface area contributed by atoms with Gasteiger partial charge in [0.15, 0.2) is 0 Å². The van der Waals surface area contributed by atoms with Crippen LogP contribution >= 0.6 is 0 Å². The van der Waals surface area contributed by atoms with E-state index >= 15 is 0 Å². The lowest BCUT2D eigenvalue weighted by molar-refractivity contribution is 0.120. The van der Waals surface area contributed by atoms with E-state index in [9.17, 15) is 9.18 Å². The third-order valence-corrected chi connectivity index (χ3v) is 3.53. The molecule has 4 nitrogen and oxygen atoms in total. The lowest BCUT2D eigenvalue weighted by Gasteiger charge is -2.36. The molecule has 0 bridgehead atoms. The van der Waals surface area contributed by atoms with Gasteiger partial charge in [-0.15, -0.1) is 0 Å². The molecule has 0 N–H and O–H groups in total. The predicted octanol–water partition coefficient (Wildman–Crippen LogP) is 2.96. The first-order valence-electron chi connectivity index (χ1n) is 7.90. The third kappa shape index (κ3) is 5.30. The Labute approximate surface area is 133 Å². The van der Waals surface area contributed by atoms with Gasteiger partial charge in [-0.25, -0.2) is 9.18 Å². The highest BCUT2D eigenvalue weighted by Gasteiger charge is 2.22. The molecule has 1 aliphatic heterocycles. The Kier molecular flexibility index (Phi) is 7.32. The number of rotatable bonds is 2. The Bertz CT molecular complexity index is 463. The minimum atomic E-state index is -0.179. The molecule has 1 aliphatic rings. The summed E-state index contributed by atoms with van der Waals surface area (Å²) in [6, 6.07) is 5.20. The van der Waals surface area contributed by atoms with Crippen molar-refractivity contribution in [2.75, 3.05) is 40.3 Å². The van der Waals surface area contributed by atoms with Gasteiger partial charge in [-0.2, -0.15) is 0 Å². The Hall–Kier alpha value is -1.62. The molecule has 1 fully saturated rings. The predicted molar refractivity (Wildman–Crippen MR) is 88.4 cm³/mol. The number of hydrogen-bond acceptors (Lipinski definition) is 2. The fourth-order valence-corrected chi connectivity index (χ4v) is 2.54. The van der Waals surface area contributed by atoms with Gasteiger partial charge in [-0.1, -0.05) is 19.9 Å². The van der Waals surface area contributed by atoms with Crippen LogP contribution in [0.25, 0.3) is 0 Å². The molecular formula is C17H28FN3O. The summed E-state index contributed by atoms with van der Waals surface area (Å²) < 4.78 is 13.4. The highest BCUT2D eigenvalue weighted by molar-refractivity contribution is 5.73. The van der Waals surface area contributed by atoms with E-state index in [1.54, 1.807) is 25.1 Å². The molecule has 0 unspecified atom stereocenters. The van der Waals surface area contributed by atoms with Gasteiger partial charge < -0.3 is 9.80 Å². The van der Waals surface area contributed by atoms with Crippen LogP contribution in [0.3, 0.4) is 0 Å². The van der Waals surface area contributed by atoms with Crippen molar-refractivity contribution in [3.05, 3.63) is 35.1 Å². The monoisotopic (exact) mass is 309 g/mol. The number of carbonyl (C=O) groups is 1. The van der Waals surface area contributed by atoms with Crippen LogP contribution < -0.4 is 0 Å². The lowest BCUT2D eigenvalue weighted by Crippen LogP contribution is -2.51. The van der Waals surface area contributed by atoms with Crippen molar-refractivity contribution < 1.29 is 9.18 Å². The highest BCUT2D eigenvalue weighted by Crippen LogP contribution is 2.13. The molecule has 2 rings (SSSR count). The Morgan fingerprint density at radius 1 is 1.14 bits per heavy atom. The Morgan fingerprint density at radius 3 is 2.23 bits per heavy atom. The van der Waals surface area contributed by atoms with Crippen molar-refractivity contribution in [1.29, 1.82) is 0 Å². The van der Waals surface area contributed by atoms with Crippen LogP contribution in [0.5, 0.6) is 0 Å². The number of carbonyl (C=O) groups excluding carboxylic acids is 1. The first-order valence-corrected chi connectivity index (χ1v) is 7.90. The molecule has 22 heavy (non-hydrogen) atoms. The van der Waals surface area contributed by atoms with Crippen molar-refractivity contribution >= 4 is 6.03 Å². The van der Waals surface area contributed by atoms with Crippen molar-refractivity contribution in [3.63, 3.8) is 0 Å². The number of urea groups is 1. The molecule has 2 amide bonds. The fourth-order valence-electron chi connectivity index (χ4n) is 2.54. The third-order valence-electron chi connectivity index (χ3n) is 3.53. The second-order valence-corrected chi connectivity index (χ2v) is 5.58. The Morgan fingerprint density at radius 2 is 1.73 bits per heavy atom. The summed E-state index contributed by atoms with van der Waals surface area (Å²) in [5, 5.41) is 0. The lowest BCUT2D eigenvalue weighted by atomic mass is 10.1. The van der Waals surface area contributed by atoms with Crippen LogP contribution in [-0.2, 0) is 6.54 Å². The van der Waals surface area contributed by atoms with Gasteiger partial charge in [0, 0.05) is 46.8 Å². The summed E-state index contributed by atoms with van der Waals surface area (Å²) in [5.41, 5.74) is 1.94. The maximum Gasteiger partial charge on any atom is 0.319 e. The highest BCUT2D eigenvalue weighted by atomic mass is 19.1. The number of amides is 2. The van der Waals surface area contributed by atoms with Gasteiger partial charge in [-0.3, -0.25) is 4.90 Å². The SMILES string of the molecule is CC.Cc1cc(F)cc(CN2CCN(C(=O)N(C)C)CC2)c1. The maximum absolute atomic E-state index is 13.4. The summed E-state index contributed by atoms with van der Waals surface area (Å²) in [7, 11) is 3.54. The molecule has 1 heterocycles. The zero-order chi connectivity index (χ0) is 16.7. The van der Waals surface area contributed by atoms with E-state index in [4.69, 9.17) is 0 Å². The molecule has 0 aromatic heterocycles. The molecule has 1 aromatic rings. The van der Waals surface area contributed by atoms with Gasteiger partial charge in [0.05, 0.1) is 0 Å². The first-order chi connectivity index (χ1) is 10.5. The van der Waals surface area contributed by atoms with Crippen molar-refractivity contribution in [3.8, 4) is 0 Å². The van der Waals surface area contributed by atoms with E-state index in [0.717, 1.165) is 43.9 Å². The summed E-state index contributed by atoms with van der Waals surface area (Å²) in [5.74, 6) is -0.179. The van der Waals surface area contributed by atoms with Crippen molar-refractivity contribution in [1.82, 2.24) is 14.7 Å². The number of halogens is 1. The smallest absolute Gasteiger partial charge is 0.319 e. The van der Waals surface area contributed by atoms with Crippen LogP contribution in [-0.4, -0.2) is 61.0 Å². The van der Waals surface area contributed by atoms with Gasteiger partial charge in [-0.05, 0) is 30.2 Å². The molecule has 0 spiro atoms. The van der Waals surface area contributed by atoms with Crippen LogP contribution in [0.2, 0.25) is 0 Å². The fraction of sp³-hybridized carbons (Fsp3) is 0.588. The van der Waals surface area contributed by atoms with E-state index in [-0.39, 0.29) is 11.8 Å². The number of nitrogens with zero attached hydrogens (tertiary/aromatic N) is 3. The molecule has 0 aliphatic carbocycles. The van der Waals surface area contributed by atoms with Gasteiger partial charge in [0.1, 0.15) is 5.82 Å². The van der Waals surface area contributed by atoms with E-state index in [1.165, 1.54) is 6.07 Å². The molecular weight excluding hydrogens is 281 g/mol. The summed E-state index contributed by atoms with van der Waals surface area (Å²) >= 11 is 0. The van der Waals surface area contributed by atoms with E-state index in [1.807, 2.05) is 31.7 Å². The molecule has 1 aromatic carbocycles. The largest absolute Gasteiger partial charge is 0.331 e. The zero-order valence-corrected chi connectivity index (χ0v) is 14.4. The van der Waals surface area contributed by atoms with Crippen molar-refractivity contribution in [2.45, 2.75) is 27.3 Å². The number of benzene rings is 1. The average molecular weight is 309 g/mol. The van der Waals surface area contributed by atoms with E-state index in [2.05, 4.69) is 4.90 Å². The summed E-state index contributed by atoms with van der Waals surface area (Å²) in [4.78, 5) is 17.6. The van der Waals surface area contributed by atoms with Gasteiger partial charge in [0.25, 0.3) is 0 Å².